The lowest BCUT2D eigenvalue weighted by Crippen LogP contribution is -2.19. The van der Waals surface area contributed by atoms with Gasteiger partial charge in [-0.1, -0.05) is 6.07 Å². The van der Waals surface area contributed by atoms with Gasteiger partial charge in [-0.05, 0) is 33.6 Å². The topological polar surface area (TPSA) is 30.5 Å². The summed E-state index contributed by atoms with van der Waals surface area (Å²) < 4.78 is 11.4. The molecule has 0 aliphatic heterocycles. The van der Waals surface area contributed by atoms with E-state index < -0.39 is 0 Å². The summed E-state index contributed by atoms with van der Waals surface area (Å²) in [6.45, 7) is 2.93. The van der Waals surface area contributed by atoms with Crippen molar-refractivity contribution in [1.29, 1.82) is 0 Å². The van der Waals surface area contributed by atoms with E-state index in [2.05, 4.69) is 21.2 Å². The second-order valence-corrected chi connectivity index (χ2v) is 4.68. The van der Waals surface area contributed by atoms with Crippen molar-refractivity contribution in [3.63, 3.8) is 0 Å². The first-order valence-corrected chi connectivity index (χ1v) is 6.77. The van der Waals surface area contributed by atoms with Crippen molar-refractivity contribution in [3.8, 4) is 5.75 Å². The van der Waals surface area contributed by atoms with Crippen molar-refractivity contribution in [3.05, 3.63) is 28.2 Å². The summed E-state index contributed by atoms with van der Waals surface area (Å²) in [6.07, 6.45) is 0. The van der Waals surface area contributed by atoms with Crippen LogP contribution in [0.1, 0.15) is 5.56 Å². The largest absolute Gasteiger partial charge is 0.496 e. The highest BCUT2D eigenvalue weighted by Gasteiger charge is 2.00. The Bertz CT molecular complexity index is 336. The lowest BCUT2D eigenvalue weighted by atomic mass is 10.2. The van der Waals surface area contributed by atoms with Crippen LogP contribution in [0, 0.1) is 0 Å². The molecule has 1 aromatic carbocycles. The van der Waals surface area contributed by atoms with Crippen LogP contribution in [0.25, 0.3) is 0 Å². The van der Waals surface area contributed by atoms with Gasteiger partial charge in [-0.25, -0.2) is 0 Å². The van der Waals surface area contributed by atoms with Crippen LogP contribution in [0.5, 0.6) is 5.75 Å². The van der Waals surface area contributed by atoms with Crippen LogP contribution in [-0.2, 0) is 11.3 Å². The van der Waals surface area contributed by atoms with E-state index >= 15 is 0 Å². The molecule has 96 valence electrons. The van der Waals surface area contributed by atoms with Crippen LogP contribution in [0.2, 0.25) is 0 Å². The van der Waals surface area contributed by atoms with Gasteiger partial charge >= 0.3 is 0 Å². The van der Waals surface area contributed by atoms with Crippen molar-refractivity contribution in [2.75, 3.05) is 32.7 Å². The molecule has 0 saturated carbocycles. The summed E-state index contributed by atoms with van der Waals surface area (Å²) in [5, 5.41) is 3.30. The van der Waals surface area contributed by atoms with Crippen molar-refractivity contribution < 1.29 is 9.47 Å². The van der Waals surface area contributed by atoms with E-state index in [4.69, 9.17) is 21.1 Å². The van der Waals surface area contributed by atoms with E-state index in [-0.39, 0.29) is 0 Å². The van der Waals surface area contributed by atoms with E-state index in [0.29, 0.717) is 19.1 Å². The van der Waals surface area contributed by atoms with Crippen LogP contribution >= 0.6 is 27.5 Å². The van der Waals surface area contributed by atoms with Crippen molar-refractivity contribution in [1.82, 2.24) is 5.32 Å². The standard InChI is InChI=1S/C12H17BrClNO2/c1-16-12-3-2-10(8-11(12)13)9-15-5-7-17-6-4-14/h2-3,8,15H,4-7,9H2,1H3. The quantitative estimate of drug-likeness (QED) is 0.590. The summed E-state index contributed by atoms with van der Waals surface area (Å²) >= 11 is 8.95. The Hall–Kier alpha value is -0.290. The summed E-state index contributed by atoms with van der Waals surface area (Å²) in [7, 11) is 1.66. The van der Waals surface area contributed by atoms with Gasteiger partial charge in [-0.2, -0.15) is 0 Å². The average molecular weight is 323 g/mol. The Kier molecular flexibility index (Phi) is 7.60. The molecule has 0 aliphatic rings. The summed E-state index contributed by atoms with van der Waals surface area (Å²) in [4.78, 5) is 0. The Labute approximate surface area is 116 Å². The number of benzene rings is 1. The number of hydrogen-bond donors (Lipinski definition) is 1. The van der Waals surface area contributed by atoms with E-state index in [1.165, 1.54) is 5.56 Å². The summed E-state index contributed by atoms with van der Waals surface area (Å²) in [6, 6.07) is 6.03. The molecule has 0 aliphatic carbocycles. The fraction of sp³-hybridized carbons (Fsp3) is 0.500. The maximum Gasteiger partial charge on any atom is 0.133 e. The monoisotopic (exact) mass is 321 g/mol. The predicted octanol–water partition coefficient (Wildman–Crippen LogP) is 2.80. The average Bonchev–Trinajstić information content (AvgIpc) is 2.34. The van der Waals surface area contributed by atoms with Gasteiger partial charge < -0.3 is 14.8 Å². The minimum Gasteiger partial charge on any atom is -0.496 e. The number of ether oxygens (including phenoxy) is 2. The first-order valence-electron chi connectivity index (χ1n) is 5.44. The van der Waals surface area contributed by atoms with E-state index in [0.717, 1.165) is 23.3 Å². The summed E-state index contributed by atoms with van der Waals surface area (Å²) in [5.74, 6) is 1.39. The molecule has 0 bridgehead atoms. The Morgan fingerprint density at radius 2 is 2.18 bits per heavy atom. The van der Waals surface area contributed by atoms with Crippen LogP contribution in [0.15, 0.2) is 22.7 Å². The second-order valence-electron chi connectivity index (χ2n) is 3.45. The normalized spacial score (nSPS) is 10.5. The molecule has 0 unspecified atom stereocenters. The molecule has 0 heterocycles. The van der Waals surface area contributed by atoms with Gasteiger partial charge in [0.15, 0.2) is 0 Å². The lowest BCUT2D eigenvalue weighted by molar-refractivity contribution is 0.151. The summed E-state index contributed by atoms with van der Waals surface area (Å²) in [5.41, 5.74) is 1.20. The molecule has 1 aromatic rings. The number of methoxy groups -OCH3 is 1. The van der Waals surface area contributed by atoms with Gasteiger partial charge in [0.25, 0.3) is 0 Å². The van der Waals surface area contributed by atoms with Crippen LogP contribution in [-0.4, -0.2) is 32.7 Å². The van der Waals surface area contributed by atoms with Crippen molar-refractivity contribution >= 4 is 27.5 Å². The van der Waals surface area contributed by atoms with E-state index in [1.54, 1.807) is 7.11 Å². The van der Waals surface area contributed by atoms with Gasteiger partial charge in [0.05, 0.1) is 24.8 Å². The number of hydrogen-bond acceptors (Lipinski definition) is 3. The third-order valence-corrected chi connectivity index (χ3v) is 2.96. The number of alkyl halides is 1. The molecule has 3 nitrogen and oxygen atoms in total. The Morgan fingerprint density at radius 1 is 1.35 bits per heavy atom. The molecule has 5 heteroatoms. The van der Waals surface area contributed by atoms with Crippen LogP contribution in [0.3, 0.4) is 0 Å². The maximum atomic E-state index is 5.49. The van der Waals surface area contributed by atoms with Crippen molar-refractivity contribution in [2.24, 2.45) is 0 Å². The SMILES string of the molecule is COc1ccc(CNCCOCCCl)cc1Br. The molecule has 0 saturated heterocycles. The first-order chi connectivity index (χ1) is 8.27. The lowest BCUT2D eigenvalue weighted by Gasteiger charge is -2.08. The van der Waals surface area contributed by atoms with Crippen LogP contribution < -0.4 is 10.1 Å². The zero-order valence-corrected chi connectivity index (χ0v) is 12.2. The molecule has 0 fully saturated rings. The number of halogens is 2. The van der Waals surface area contributed by atoms with Gasteiger partial charge in [0.2, 0.25) is 0 Å². The van der Waals surface area contributed by atoms with Gasteiger partial charge in [0, 0.05) is 19.0 Å². The molecule has 1 N–H and O–H groups in total. The molecule has 1 rings (SSSR count). The molecule has 0 spiro atoms. The smallest absolute Gasteiger partial charge is 0.133 e. The van der Waals surface area contributed by atoms with Crippen LogP contribution in [0.4, 0.5) is 0 Å². The molecule has 0 radical (unpaired) electrons. The Morgan fingerprint density at radius 3 is 2.82 bits per heavy atom. The molecule has 0 atom stereocenters. The first kappa shape index (κ1) is 14.8. The highest BCUT2D eigenvalue weighted by atomic mass is 79.9. The molecule has 0 aromatic heterocycles. The van der Waals surface area contributed by atoms with Gasteiger partial charge in [-0.3, -0.25) is 0 Å². The minimum absolute atomic E-state index is 0.547. The molecular weight excluding hydrogens is 305 g/mol. The third kappa shape index (κ3) is 5.73. The highest BCUT2D eigenvalue weighted by molar-refractivity contribution is 9.10. The van der Waals surface area contributed by atoms with Gasteiger partial charge in [-0.15, -0.1) is 11.6 Å². The molecule has 17 heavy (non-hydrogen) atoms. The second kappa shape index (κ2) is 8.75. The van der Waals surface area contributed by atoms with E-state index in [1.807, 2.05) is 18.2 Å². The fourth-order valence-corrected chi connectivity index (χ4v) is 2.05. The van der Waals surface area contributed by atoms with E-state index in [9.17, 15) is 0 Å². The van der Waals surface area contributed by atoms with Gasteiger partial charge in [0.1, 0.15) is 5.75 Å². The number of rotatable bonds is 8. The number of nitrogens with one attached hydrogen (secondary N) is 1. The predicted molar refractivity (Wildman–Crippen MR) is 73.9 cm³/mol. The highest BCUT2D eigenvalue weighted by Crippen LogP contribution is 2.25. The minimum atomic E-state index is 0.547. The zero-order valence-electron chi connectivity index (χ0n) is 9.84. The van der Waals surface area contributed by atoms with Crippen molar-refractivity contribution in [2.45, 2.75) is 6.54 Å². The zero-order chi connectivity index (χ0) is 12.5. The maximum absolute atomic E-state index is 5.49. The molecular formula is C12H17BrClNO2. The fourth-order valence-electron chi connectivity index (χ4n) is 1.35. The molecule has 0 amide bonds. The third-order valence-electron chi connectivity index (χ3n) is 2.19. The Balaban J connectivity index is 2.25.